The van der Waals surface area contributed by atoms with Gasteiger partial charge in [-0.3, -0.25) is 0 Å². The highest BCUT2D eigenvalue weighted by Crippen LogP contribution is 2.31. The topological polar surface area (TPSA) is 89.4 Å². The maximum Gasteiger partial charge on any atom is 0.178 e. The molecule has 0 saturated carbocycles. The summed E-state index contributed by atoms with van der Waals surface area (Å²) >= 11 is 0. The smallest absolute Gasteiger partial charge is 0.178 e. The van der Waals surface area contributed by atoms with E-state index in [0.29, 0.717) is 0 Å². The number of fused-ring (bicyclic) bond motifs is 2. The van der Waals surface area contributed by atoms with Gasteiger partial charge in [0.15, 0.2) is 11.5 Å². The zero-order valence-corrected chi connectivity index (χ0v) is 15.6. The van der Waals surface area contributed by atoms with Gasteiger partial charge < -0.3 is 19.8 Å². The van der Waals surface area contributed by atoms with Crippen LogP contribution in [0, 0.1) is 6.92 Å². The van der Waals surface area contributed by atoms with Gasteiger partial charge in [-0.05, 0) is 38.0 Å². The number of rotatable bonds is 7. The van der Waals surface area contributed by atoms with Crippen LogP contribution in [0.1, 0.15) is 17.9 Å². The molecule has 0 unspecified atom stereocenters. The Morgan fingerprint density at radius 3 is 2.81 bits per heavy atom. The van der Waals surface area contributed by atoms with Gasteiger partial charge in [0.25, 0.3) is 0 Å². The standard InChI is InChI=1S/C19H22N6O2/c1-12-22-23-19-7-6-18(24-25(12)19)20-8-4-5-13-9-15-16(21-13)10-14(26-2)11-17(15)27-3/h6-7,9-11,21H,4-5,8H2,1-3H3,(H,20,24). The van der Waals surface area contributed by atoms with Crippen LogP contribution in [0.3, 0.4) is 0 Å². The Balaban J connectivity index is 1.40. The summed E-state index contributed by atoms with van der Waals surface area (Å²) in [7, 11) is 3.33. The molecule has 27 heavy (non-hydrogen) atoms. The van der Waals surface area contributed by atoms with Gasteiger partial charge in [0.05, 0.1) is 19.7 Å². The van der Waals surface area contributed by atoms with E-state index in [2.05, 4.69) is 31.7 Å². The maximum atomic E-state index is 5.47. The summed E-state index contributed by atoms with van der Waals surface area (Å²) < 4.78 is 12.5. The molecule has 0 aliphatic rings. The summed E-state index contributed by atoms with van der Waals surface area (Å²) in [5.41, 5.74) is 2.93. The summed E-state index contributed by atoms with van der Waals surface area (Å²) in [5, 5.41) is 17.0. The van der Waals surface area contributed by atoms with Gasteiger partial charge in [0.2, 0.25) is 0 Å². The van der Waals surface area contributed by atoms with E-state index in [-0.39, 0.29) is 0 Å². The van der Waals surface area contributed by atoms with Crippen molar-refractivity contribution in [3.63, 3.8) is 0 Å². The highest BCUT2D eigenvalue weighted by atomic mass is 16.5. The van der Waals surface area contributed by atoms with Crippen LogP contribution in [-0.4, -0.2) is 45.6 Å². The predicted octanol–water partition coefficient (Wildman–Crippen LogP) is 2.98. The molecule has 0 bridgehead atoms. The molecule has 0 fully saturated rings. The van der Waals surface area contributed by atoms with Crippen LogP contribution in [0.5, 0.6) is 11.5 Å². The first-order chi connectivity index (χ1) is 13.2. The number of ether oxygens (including phenoxy) is 2. The molecule has 4 aromatic rings. The average Bonchev–Trinajstić information content (AvgIpc) is 3.27. The molecule has 3 aromatic heterocycles. The van der Waals surface area contributed by atoms with Crippen molar-refractivity contribution in [2.45, 2.75) is 19.8 Å². The second kappa shape index (κ2) is 7.14. The molecular formula is C19H22N6O2. The number of nitrogens with zero attached hydrogens (tertiary/aromatic N) is 4. The van der Waals surface area contributed by atoms with Gasteiger partial charge in [-0.2, -0.15) is 4.52 Å². The predicted molar refractivity (Wildman–Crippen MR) is 104 cm³/mol. The van der Waals surface area contributed by atoms with Gasteiger partial charge in [-0.25, -0.2) is 0 Å². The van der Waals surface area contributed by atoms with E-state index in [1.165, 1.54) is 0 Å². The molecule has 4 rings (SSSR count). The quantitative estimate of drug-likeness (QED) is 0.489. The Morgan fingerprint density at radius 1 is 1.11 bits per heavy atom. The lowest BCUT2D eigenvalue weighted by Gasteiger charge is -2.05. The van der Waals surface area contributed by atoms with Crippen LogP contribution in [0.15, 0.2) is 30.3 Å². The van der Waals surface area contributed by atoms with Crippen molar-refractivity contribution in [1.29, 1.82) is 0 Å². The third-order valence-electron chi connectivity index (χ3n) is 4.53. The van der Waals surface area contributed by atoms with E-state index in [9.17, 15) is 0 Å². The normalized spacial score (nSPS) is 11.2. The summed E-state index contributed by atoms with van der Waals surface area (Å²) in [5.74, 6) is 3.18. The summed E-state index contributed by atoms with van der Waals surface area (Å²) in [4.78, 5) is 3.45. The fourth-order valence-electron chi connectivity index (χ4n) is 3.14. The highest BCUT2D eigenvalue weighted by Gasteiger charge is 2.09. The van der Waals surface area contributed by atoms with Gasteiger partial charge in [0, 0.05) is 29.8 Å². The molecule has 0 radical (unpaired) electrons. The van der Waals surface area contributed by atoms with Crippen molar-refractivity contribution in [3.05, 3.63) is 41.9 Å². The first-order valence-electron chi connectivity index (χ1n) is 8.84. The monoisotopic (exact) mass is 366 g/mol. The molecule has 0 amide bonds. The maximum absolute atomic E-state index is 5.47. The number of H-pyrrole nitrogens is 1. The summed E-state index contributed by atoms with van der Waals surface area (Å²) in [6, 6.07) is 9.85. The van der Waals surface area contributed by atoms with Crippen molar-refractivity contribution in [3.8, 4) is 11.5 Å². The van der Waals surface area contributed by atoms with Gasteiger partial charge >= 0.3 is 0 Å². The van der Waals surface area contributed by atoms with Crippen molar-refractivity contribution in [2.75, 3.05) is 26.1 Å². The van der Waals surface area contributed by atoms with E-state index in [4.69, 9.17) is 9.47 Å². The fraction of sp³-hybridized carbons (Fsp3) is 0.316. The Hall–Kier alpha value is -3.29. The second-order valence-corrected chi connectivity index (χ2v) is 6.35. The van der Waals surface area contributed by atoms with Crippen LogP contribution >= 0.6 is 0 Å². The molecule has 1 aromatic carbocycles. The molecule has 0 spiro atoms. The molecule has 0 saturated heterocycles. The minimum Gasteiger partial charge on any atom is -0.497 e. The van der Waals surface area contributed by atoms with Crippen LogP contribution in [0.25, 0.3) is 16.6 Å². The van der Waals surface area contributed by atoms with Crippen molar-refractivity contribution in [1.82, 2.24) is 24.8 Å². The minimum atomic E-state index is 0.750. The molecule has 0 atom stereocenters. The number of anilines is 1. The Bertz CT molecular complexity index is 1080. The summed E-state index contributed by atoms with van der Waals surface area (Å²) in [6.07, 6.45) is 1.88. The molecule has 3 heterocycles. The number of methoxy groups -OCH3 is 2. The third-order valence-corrected chi connectivity index (χ3v) is 4.53. The molecule has 2 N–H and O–H groups in total. The number of hydrogen-bond donors (Lipinski definition) is 2. The largest absolute Gasteiger partial charge is 0.497 e. The van der Waals surface area contributed by atoms with Crippen LogP contribution in [0.4, 0.5) is 5.82 Å². The zero-order valence-electron chi connectivity index (χ0n) is 15.6. The Labute approximate surface area is 156 Å². The number of aryl methyl sites for hydroxylation is 2. The molecule has 8 nitrogen and oxygen atoms in total. The first-order valence-corrected chi connectivity index (χ1v) is 8.84. The molecular weight excluding hydrogens is 344 g/mol. The van der Waals surface area contributed by atoms with Crippen LogP contribution in [-0.2, 0) is 6.42 Å². The van der Waals surface area contributed by atoms with Crippen molar-refractivity contribution in [2.24, 2.45) is 0 Å². The zero-order chi connectivity index (χ0) is 18.8. The molecule has 8 heteroatoms. The third kappa shape index (κ3) is 3.38. The number of benzene rings is 1. The second-order valence-electron chi connectivity index (χ2n) is 6.35. The SMILES string of the molecule is COc1cc(OC)c2cc(CCCNc3ccc4nnc(C)n4n3)[nH]c2c1. The number of aromatic nitrogens is 5. The Morgan fingerprint density at radius 2 is 2.00 bits per heavy atom. The lowest BCUT2D eigenvalue weighted by molar-refractivity contribution is 0.398. The molecule has 0 aliphatic carbocycles. The van der Waals surface area contributed by atoms with Crippen molar-refractivity contribution < 1.29 is 9.47 Å². The van der Waals surface area contributed by atoms with E-state index < -0.39 is 0 Å². The number of hydrogen-bond acceptors (Lipinski definition) is 6. The van der Waals surface area contributed by atoms with E-state index >= 15 is 0 Å². The molecule has 0 aliphatic heterocycles. The first kappa shape index (κ1) is 17.1. The number of nitrogens with one attached hydrogen (secondary N) is 2. The lowest BCUT2D eigenvalue weighted by Crippen LogP contribution is -2.07. The van der Waals surface area contributed by atoms with E-state index in [0.717, 1.165) is 64.8 Å². The van der Waals surface area contributed by atoms with Gasteiger partial charge in [-0.1, -0.05) is 0 Å². The van der Waals surface area contributed by atoms with E-state index in [1.807, 2.05) is 31.2 Å². The fourth-order valence-corrected chi connectivity index (χ4v) is 3.14. The summed E-state index contributed by atoms with van der Waals surface area (Å²) in [6.45, 7) is 2.70. The minimum absolute atomic E-state index is 0.750. The van der Waals surface area contributed by atoms with E-state index in [1.54, 1.807) is 18.7 Å². The lowest BCUT2D eigenvalue weighted by atomic mass is 10.2. The average molecular weight is 366 g/mol. The number of aromatic amines is 1. The van der Waals surface area contributed by atoms with Crippen LogP contribution in [0.2, 0.25) is 0 Å². The van der Waals surface area contributed by atoms with Gasteiger partial charge in [-0.15, -0.1) is 15.3 Å². The highest BCUT2D eigenvalue weighted by molar-refractivity contribution is 5.88. The molecule has 140 valence electrons. The Kier molecular flexibility index (Phi) is 4.53. The van der Waals surface area contributed by atoms with Crippen LogP contribution < -0.4 is 14.8 Å². The van der Waals surface area contributed by atoms with Gasteiger partial charge in [0.1, 0.15) is 17.3 Å². The van der Waals surface area contributed by atoms with Crippen molar-refractivity contribution >= 4 is 22.4 Å².